The number of amides is 1. The lowest BCUT2D eigenvalue weighted by atomic mass is 10.1. The Kier molecular flexibility index (Phi) is 6.76. The first-order valence-corrected chi connectivity index (χ1v) is 10.5. The molecule has 1 aromatic heterocycles. The Balaban J connectivity index is 1.36. The topological polar surface area (TPSA) is 75.6 Å². The first-order chi connectivity index (χ1) is 16.3. The fourth-order valence-electron chi connectivity index (χ4n) is 3.37. The molecule has 0 radical (unpaired) electrons. The first-order valence-electron chi connectivity index (χ1n) is 10.5. The molecule has 0 atom stereocenters. The van der Waals surface area contributed by atoms with E-state index in [9.17, 15) is 22.4 Å². The number of benzene rings is 2. The summed E-state index contributed by atoms with van der Waals surface area (Å²) in [5.41, 5.74) is -0.241. The van der Waals surface area contributed by atoms with Crippen LogP contribution in [0.3, 0.4) is 0 Å². The summed E-state index contributed by atoms with van der Waals surface area (Å²) >= 11 is 0. The number of carbonyl (C=O) groups is 1. The Bertz CT molecular complexity index is 1230. The van der Waals surface area contributed by atoms with Crippen molar-refractivity contribution in [2.75, 3.05) is 19.6 Å². The molecular formula is C24H20F4N4O2. The first kappa shape index (κ1) is 23.2. The third-order valence-electron chi connectivity index (χ3n) is 5.02. The smallest absolute Gasteiger partial charge is 0.416 e. The van der Waals surface area contributed by atoms with Gasteiger partial charge in [0.15, 0.2) is 0 Å². The zero-order chi connectivity index (χ0) is 24.1. The standard InChI is InChI=1S/C24H20F4N4O2/c25-20-5-4-16(24(26,27)28)13-19(20)23(33)32-8-6-15-2-1-3-17(12-15)34-18-7-9-29-21(14-18)22-30-10-11-31-22/h1-5,7,9,12-14H,6,8,10-11H2,(H,30,31)(H,32,33). The highest BCUT2D eigenvalue weighted by Crippen LogP contribution is 2.30. The zero-order valence-electron chi connectivity index (χ0n) is 17.8. The van der Waals surface area contributed by atoms with Crippen LogP contribution in [0.25, 0.3) is 0 Å². The number of halogens is 4. The second-order valence-electron chi connectivity index (χ2n) is 7.48. The summed E-state index contributed by atoms with van der Waals surface area (Å²) < 4.78 is 58.4. The molecule has 3 aromatic rings. The molecule has 0 saturated carbocycles. The van der Waals surface area contributed by atoms with E-state index in [1.165, 1.54) is 0 Å². The Labute approximate surface area is 192 Å². The van der Waals surface area contributed by atoms with Gasteiger partial charge in [-0.3, -0.25) is 14.8 Å². The summed E-state index contributed by atoms with van der Waals surface area (Å²) in [6.07, 6.45) is -2.68. The van der Waals surface area contributed by atoms with E-state index in [0.29, 0.717) is 54.2 Å². The van der Waals surface area contributed by atoms with Gasteiger partial charge in [0.05, 0.1) is 17.7 Å². The molecule has 6 nitrogen and oxygen atoms in total. The van der Waals surface area contributed by atoms with Crippen molar-refractivity contribution in [2.24, 2.45) is 4.99 Å². The molecule has 4 rings (SSSR count). The normalized spacial score (nSPS) is 13.2. The number of nitrogens with one attached hydrogen (secondary N) is 2. The van der Waals surface area contributed by atoms with Gasteiger partial charge in [-0.05, 0) is 48.4 Å². The van der Waals surface area contributed by atoms with E-state index in [1.54, 1.807) is 36.5 Å². The van der Waals surface area contributed by atoms with Crippen LogP contribution in [0.5, 0.6) is 11.5 Å². The van der Waals surface area contributed by atoms with Gasteiger partial charge in [0.2, 0.25) is 0 Å². The van der Waals surface area contributed by atoms with Crippen molar-refractivity contribution in [1.82, 2.24) is 15.6 Å². The summed E-state index contributed by atoms with van der Waals surface area (Å²) in [6.45, 7) is 1.56. The van der Waals surface area contributed by atoms with Crippen LogP contribution in [0, 0.1) is 5.82 Å². The maximum absolute atomic E-state index is 13.9. The number of amidine groups is 1. The van der Waals surface area contributed by atoms with E-state index in [2.05, 4.69) is 20.6 Å². The summed E-state index contributed by atoms with van der Waals surface area (Å²) in [4.78, 5) is 20.8. The van der Waals surface area contributed by atoms with Gasteiger partial charge in [0.25, 0.3) is 5.91 Å². The summed E-state index contributed by atoms with van der Waals surface area (Å²) in [6, 6.07) is 12.4. The van der Waals surface area contributed by atoms with Gasteiger partial charge in [0, 0.05) is 25.4 Å². The number of hydrogen-bond donors (Lipinski definition) is 2. The quantitative estimate of drug-likeness (QED) is 0.502. The van der Waals surface area contributed by atoms with E-state index in [4.69, 9.17) is 4.74 Å². The van der Waals surface area contributed by atoms with Gasteiger partial charge in [-0.25, -0.2) is 4.39 Å². The lowest BCUT2D eigenvalue weighted by Crippen LogP contribution is -2.27. The molecule has 0 unspecified atom stereocenters. The second-order valence-corrected chi connectivity index (χ2v) is 7.48. The Morgan fingerprint density at radius 2 is 1.91 bits per heavy atom. The van der Waals surface area contributed by atoms with E-state index in [1.807, 2.05) is 6.07 Å². The molecule has 0 spiro atoms. The second kappa shape index (κ2) is 9.90. The number of aliphatic imine (C=N–C) groups is 1. The summed E-state index contributed by atoms with van der Waals surface area (Å²) in [5, 5.41) is 5.61. The highest BCUT2D eigenvalue weighted by molar-refractivity contribution is 5.98. The van der Waals surface area contributed by atoms with Crippen molar-refractivity contribution < 1.29 is 27.1 Å². The Morgan fingerprint density at radius 1 is 1.09 bits per heavy atom. The number of carbonyl (C=O) groups excluding carboxylic acids is 1. The van der Waals surface area contributed by atoms with Gasteiger partial charge in [-0.2, -0.15) is 13.2 Å². The SMILES string of the molecule is O=C(NCCc1cccc(Oc2ccnc(C3=NCCN3)c2)c1)c1cc(C(F)(F)F)ccc1F. The van der Waals surface area contributed by atoms with Gasteiger partial charge in [-0.1, -0.05) is 12.1 Å². The van der Waals surface area contributed by atoms with Crippen LogP contribution in [0.2, 0.25) is 0 Å². The van der Waals surface area contributed by atoms with E-state index < -0.39 is 29.0 Å². The van der Waals surface area contributed by atoms with Crippen molar-refractivity contribution in [3.05, 3.63) is 89.0 Å². The van der Waals surface area contributed by atoms with Crippen LogP contribution in [-0.2, 0) is 12.6 Å². The minimum absolute atomic E-state index is 0.100. The average molecular weight is 472 g/mol. The third-order valence-corrected chi connectivity index (χ3v) is 5.02. The molecular weight excluding hydrogens is 452 g/mol. The molecule has 1 aliphatic rings. The van der Waals surface area contributed by atoms with Crippen LogP contribution in [0.4, 0.5) is 17.6 Å². The molecule has 2 aromatic carbocycles. The van der Waals surface area contributed by atoms with Crippen molar-refractivity contribution >= 4 is 11.7 Å². The number of rotatable bonds is 7. The van der Waals surface area contributed by atoms with Crippen molar-refractivity contribution in [2.45, 2.75) is 12.6 Å². The zero-order valence-corrected chi connectivity index (χ0v) is 17.8. The minimum Gasteiger partial charge on any atom is -0.457 e. The molecule has 1 amide bonds. The minimum atomic E-state index is -4.67. The summed E-state index contributed by atoms with van der Waals surface area (Å²) in [7, 11) is 0. The highest BCUT2D eigenvalue weighted by Gasteiger charge is 2.31. The van der Waals surface area contributed by atoms with Gasteiger partial charge in [0.1, 0.15) is 28.8 Å². The lowest BCUT2D eigenvalue weighted by Gasteiger charge is -2.11. The molecule has 34 heavy (non-hydrogen) atoms. The molecule has 176 valence electrons. The maximum Gasteiger partial charge on any atom is 0.416 e. The Hall–Kier alpha value is -3.95. The van der Waals surface area contributed by atoms with E-state index in [0.717, 1.165) is 12.1 Å². The van der Waals surface area contributed by atoms with Crippen LogP contribution in [-0.4, -0.2) is 36.4 Å². The number of aromatic nitrogens is 1. The number of hydrogen-bond acceptors (Lipinski definition) is 5. The van der Waals surface area contributed by atoms with Crippen LogP contribution in [0.1, 0.15) is 27.2 Å². The average Bonchev–Trinajstić information content (AvgIpc) is 3.34. The molecule has 2 N–H and O–H groups in total. The number of nitrogens with zero attached hydrogens (tertiary/aromatic N) is 2. The van der Waals surface area contributed by atoms with Crippen molar-refractivity contribution in [3.8, 4) is 11.5 Å². The summed E-state index contributed by atoms with van der Waals surface area (Å²) in [5.74, 6) is -0.0783. The molecule has 0 aliphatic carbocycles. The lowest BCUT2D eigenvalue weighted by molar-refractivity contribution is -0.137. The van der Waals surface area contributed by atoms with Gasteiger partial charge < -0.3 is 15.4 Å². The third kappa shape index (κ3) is 5.69. The van der Waals surface area contributed by atoms with Crippen molar-refractivity contribution in [3.63, 3.8) is 0 Å². The molecule has 2 heterocycles. The predicted molar refractivity (Wildman–Crippen MR) is 118 cm³/mol. The molecule has 10 heteroatoms. The monoisotopic (exact) mass is 472 g/mol. The number of alkyl halides is 3. The molecule has 0 bridgehead atoms. The fourth-order valence-corrected chi connectivity index (χ4v) is 3.37. The fraction of sp³-hybridized carbons (Fsp3) is 0.208. The molecule has 0 saturated heterocycles. The molecule has 1 aliphatic heterocycles. The largest absolute Gasteiger partial charge is 0.457 e. The Morgan fingerprint density at radius 3 is 2.68 bits per heavy atom. The number of ether oxygens (including phenoxy) is 1. The number of pyridine rings is 1. The van der Waals surface area contributed by atoms with Crippen LogP contribution in [0.15, 0.2) is 65.8 Å². The van der Waals surface area contributed by atoms with Gasteiger partial charge in [-0.15, -0.1) is 0 Å². The van der Waals surface area contributed by atoms with Crippen molar-refractivity contribution in [1.29, 1.82) is 0 Å². The predicted octanol–water partition coefficient (Wildman–Crippen LogP) is 4.35. The van der Waals surface area contributed by atoms with Crippen LogP contribution >= 0.6 is 0 Å². The highest BCUT2D eigenvalue weighted by atomic mass is 19.4. The van der Waals surface area contributed by atoms with E-state index in [-0.39, 0.29) is 6.54 Å². The molecule has 0 fully saturated rings. The maximum atomic E-state index is 13.9. The van der Waals surface area contributed by atoms with Gasteiger partial charge >= 0.3 is 6.18 Å². The van der Waals surface area contributed by atoms with Crippen LogP contribution < -0.4 is 15.4 Å². The van der Waals surface area contributed by atoms with E-state index >= 15 is 0 Å².